The predicted octanol–water partition coefficient (Wildman–Crippen LogP) is 4.43. The lowest BCUT2D eigenvalue weighted by molar-refractivity contribution is 0.707. The van der Waals surface area contributed by atoms with E-state index in [1.165, 1.54) is 0 Å². The van der Waals surface area contributed by atoms with Gasteiger partial charge in [0.2, 0.25) is 0 Å². The Kier molecular flexibility index (Phi) is 4.44. The molecule has 0 radical (unpaired) electrons. The second-order valence-electron chi connectivity index (χ2n) is 7.11. The van der Waals surface area contributed by atoms with Gasteiger partial charge in [-0.1, -0.05) is 48.5 Å². The number of aromatic amines is 1. The molecule has 0 atom stereocenters. The highest BCUT2D eigenvalue weighted by atomic mass is 16.1. The van der Waals surface area contributed by atoms with E-state index < -0.39 is 0 Å². The first-order valence-electron chi connectivity index (χ1n) is 9.85. The first-order valence-corrected chi connectivity index (χ1v) is 9.85. The van der Waals surface area contributed by atoms with Gasteiger partial charge in [0.1, 0.15) is 11.5 Å². The van der Waals surface area contributed by atoms with Crippen molar-refractivity contribution in [3.63, 3.8) is 0 Å². The summed E-state index contributed by atoms with van der Waals surface area (Å²) in [5, 5.41) is 3.31. The van der Waals surface area contributed by atoms with Gasteiger partial charge in [-0.25, -0.2) is 14.3 Å². The lowest BCUT2D eigenvalue weighted by atomic mass is 10.3. The standard InChI is InChI=1S/C24H21N5O/c1-17-23(25-16-22-26-20-14-8-9-15-21(20)27-22)24(30)29(19-12-6-3-7-13-19)28(17)18-10-4-2-5-11-18/h2-15,25H,16H2,1H3,(H,26,27). The van der Waals surface area contributed by atoms with E-state index in [1.807, 2.05) is 96.5 Å². The van der Waals surface area contributed by atoms with Crippen LogP contribution in [-0.2, 0) is 6.54 Å². The molecule has 6 heteroatoms. The number of fused-ring (bicyclic) bond motifs is 1. The number of para-hydroxylation sites is 4. The molecule has 0 fully saturated rings. The summed E-state index contributed by atoms with van der Waals surface area (Å²) in [5.74, 6) is 0.786. The smallest absolute Gasteiger partial charge is 0.295 e. The number of nitrogens with zero attached hydrogens (tertiary/aromatic N) is 3. The monoisotopic (exact) mass is 395 g/mol. The van der Waals surface area contributed by atoms with Gasteiger partial charge < -0.3 is 10.3 Å². The average molecular weight is 395 g/mol. The van der Waals surface area contributed by atoms with Gasteiger partial charge in [-0.2, -0.15) is 0 Å². The van der Waals surface area contributed by atoms with Gasteiger partial charge in [0, 0.05) is 0 Å². The maximum absolute atomic E-state index is 13.4. The number of anilines is 1. The van der Waals surface area contributed by atoms with Crippen LogP contribution in [0.1, 0.15) is 11.5 Å². The second kappa shape index (κ2) is 7.40. The van der Waals surface area contributed by atoms with Crippen molar-refractivity contribution in [1.82, 2.24) is 19.3 Å². The molecule has 0 saturated heterocycles. The largest absolute Gasteiger partial charge is 0.372 e. The molecule has 0 aliphatic heterocycles. The van der Waals surface area contributed by atoms with Gasteiger partial charge in [-0.15, -0.1) is 0 Å². The van der Waals surface area contributed by atoms with E-state index in [0.717, 1.165) is 33.9 Å². The molecule has 148 valence electrons. The van der Waals surface area contributed by atoms with Crippen LogP contribution in [-0.4, -0.2) is 19.3 Å². The molecule has 2 aromatic heterocycles. The lowest BCUT2D eigenvalue weighted by Gasteiger charge is -2.13. The van der Waals surface area contributed by atoms with E-state index in [-0.39, 0.29) is 5.56 Å². The zero-order valence-electron chi connectivity index (χ0n) is 16.5. The number of rotatable bonds is 5. The number of hydrogen-bond acceptors (Lipinski definition) is 3. The van der Waals surface area contributed by atoms with Crippen LogP contribution in [0.5, 0.6) is 0 Å². The summed E-state index contributed by atoms with van der Waals surface area (Å²) in [4.78, 5) is 21.3. The molecule has 0 saturated carbocycles. The van der Waals surface area contributed by atoms with Gasteiger partial charge in [-0.05, 0) is 43.3 Å². The Balaban J connectivity index is 1.58. The molecule has 5 aromatic rings. The Labute approximate surface area is 173 Å². The first kappa shape index (κ1) is 18.0. The van der Waals surface area contributed by atoms with Gasteiger partial charge in [0.15, 0.2) is 0 Å². The highest BCUT2D eigenvalue weighted by Crippen LogP contribution is 2.21. The third-order valence-electron chi connectivity index (χ3n) is 5.16. The zero-order chi connectivity index (χ0) is 20.5. The van der Waals surface area contributed by atoms with Crippen molar-refractivity contribution in [3.8, 4) is 11.4 Å². The van der Waals surface area contributed by atoms with Crippen LogP contribution in [0.25, 0.3) is 22.4 Å². The summed E-state index contributed by atoms with van der Waals surface area (Å²) < 4.78 is 3.64. The Morgan fingerprint density at radius 3 is 2.10 bits per heavy atom. The number of hydrogen-bond donors (Lipinski definition) is 2. The Morgan fingerprint density at radius 1 is 0.833 bits per heavy atom. The van der Waals surface area contributed by atoms with Crippen molar-refractivity contribution in [2.75, 3.05) is 5.32 Å². The summed E-state index contributed by atoms with van der Waals surface area (Å²) in [6.07, 6.45) is 0. The number of aromatic nitrogens is 4. The summed E-state index contributed by atoms with van der Waals surface area (Å²) in [6, 6.07) is 27.5. The molecule has 30 heavy (non-hydrogen) atoms. The highest BCUT2D eigenvalue weighted by Gasteiger charge is 2.19. The molecule has 0 aliphatic carbocycles. The third-order valence-corrected chi connectivity index (χ3v) is 5.16. The van der Waals surface area contributed by atoms with Crippen LogP contribution in [0.2, 0.25) is 0 Å². The molecule has 2 N–H and O–H groups in total. The number of benzene rings is 3. The summed E-state index contributed by atoms with van der Waals surface area (Å²) in [6.45, 7) is 2.38. The molecule has 0 amide bonds. The van der Waals surface area contributed by atoms with Crippen molar-refractivity contribution in [2.24, 2.45) is 0 Å². The fourth-order valence-electron chi connectivity index (χ4n) is 3.75. The van der Waals surface area contributed by atoms with Crippen molar-refractivity contribution >= 4 is 16.7 Å². The number of H-pyrrole nitrogens is 1. The van der Waals surface area contributed by atoms with Gasteiger partial charge >= 0.3 is 0 Å². The number of nitrogens with one attached hydrogen (secondary N) is 2. The van der Waals surface area contributed by atoms with Crippen molar-refractivity contribution in [1.29, 1.82) is 0 Å². The van der Waals surface area contributed by atoms with E-state index in [9.17, 15) is 4.79 Å². The second-order valence-corrected chi connectivity index (χ2v) is 7.11. The van der Waals surface area contributed by atoms with Crippen LogP contribution >= 0.6 is 0 Å². The molecule has 0 aliphatic rings. The van der Waals surface area contributed by atoms with Crippen LogP contribution < -0.4 is 10.9 Å². The van der Waals surface area contributed by atoms with Crippen LogP contribution in [0.3, 0.4) is 0 Å². The van der Waals surface area contributed by atoms with Gasteiger partial charge in [-0.3, -0.25) is 4.79 Å². The molecule has 2 heterocycles. The van der Waals surface area contributed by atoms with E-state index >= 15 is 0 Å². The molecule has 0 unspecified atom stereocenters. The Hall–Kier alpha value is -4.06. The molecule has 6 nitrogen and oxygen atoms in total. The Bertz CT molecular complexity index is 1330. The molecule has 3 aromatic carbocycles. The molecular weight excluding hydrogens is 374 g/mol. The minimum Gasteiger partial charge on any atom is -0.372 e. The summed E-state index contributed by atoms with van der Waals surface area (Å²) in [5.41, 5.74) is 4.93. The van der Waals surface area contributed by atoms with Crippen LogP contribution in [0.15, 0.2) is 89.7 Å². The van der Waals surface area contributed by atoms with E-state index in [2.05, 4.69) is 15.3 Å². The van der Waals surface area contributed by atoms with Gasteiger partial charge in [0.25, 0.3) is 5.56 Å². The van der Waals surface area contributed by atoms with Crippen LogP contribution in [0, 0.1) is 6.92 Å². The lowest BCUT2D eigenvalue weighted by Crippen LogP contribution is -2.21. The van der Waals surface area contributed by atoms with Crippen LogP contribution in [0.4, 0.5) is 5.69 Å². The van der Waals surface area contributed by atoms with E-state index in [4.69, 9.17) is 0 Å². The highest BCUT2D eigenvalue weighted by molar-refractivity contribution is 5.74. The Morgan fingerprint density at radius 2 is 1.43 bits per heavy atom. The fraction of sp³-hybridized carbons (Fsp3) is 0.0833. The molecule has 5 rings (SSSR count). The maximum atomic E-state index is 13.4. The fourth-order valence-corrected chi connectivity index (χ4v) is 3.75. The topological polar surface area (TPSA) is 67.6 Å². The van der Waals surface area contributed by atoms with E-state index in [1.54, 1.807) is 4.68 Å². The van der Waals surface area contributed by atoms with Crippen molar-refractivity contribution < 1.29 is 0 Å². The molecule has 0 bridgehead atoms. The zero-order valence-corrected chi connectivity index (χ0v) is 16.5. The first-order chi connectivity index (χ1) is 14.7. The van der Waals surface area contributed by atoms with Crippen molar-refractivity contribution in [3.05, 3.63) is 107 Å². The van der Waals surface area contributed by atoms with E-state index in [0.29, 0.717) is 12.2 Å². The minimum atomic E-state index is -0.0985. The molecular formula is C24H21N5O. The number of imidazole rings is 1. The summed E-state index contributed by atoms with van der Waals surface area (Å²) >= 11 is 0. The average Bonchev–Trinajstić information content (AvgIpc) is 3.31. The maximum Gasteiger partial charge on any atom is 0.295 e. The SMILES string of the molecule is Cc1c(NCc2nc3ccccc3[nH]2)c(=O)n(-c2ccccc2)n1-c1ccccc1. The summed E-state index contributed by atoms with van der Waals surface area (Å²) in [7, 11) is 0. The molecule has 0 spiro atoms. The van der Waals surface area contributed by atoms with Gasteiger partial charge in [0.05, 0.1) is 34.6 Å². The third kappa shape index (κ3) is 3.08. The predicted molar refractivity (Wildman–Crippen MR) is 120 cm³/mol. The van der Waals surface area contributed by atoms with Crippen molar-refractivity contribution in [2.45, 2.75) is 13.5 Å². The minimum absolute atomic E-state index is 0.0985. The normalized spacial score (nSPS) is 11.1. The quantitative estimate of drug-likeness (QED) is 0.463.